The first-order valence-corrected chi connectivity index (χ1v) is 7.18. The van der Waals surface area contributed by atoms with Gasteiger partial charge in [-0.2, -0.15) is 0 Å². The molecule has 0 fully saturated rings. The monoisotopic (exact) mass is 321 g/mol. The van der Waals surface area contributed by atoms with Crippen molar-refractivity contribution in [1.29, 1.82) is 0 Å². The maximum Gasteiger partial charge on any atom is 0.0568 e. The Morgan fingerprint density at radius 3 is 2.83 bits per heavy atom. The molecule has 0 bridgehead atoms. The van der Waals surface area contributed by atoms with Gasteiger partial charge in [0.1, 0.15) is 0 Å². The summed E-state index contributed by atoms with van der Waals surface area (Å²) >= 11 is 9.47. The second-order valence-electron chi connectivity index (χ2n) is 4.61. The summed E-state index contributed by atoms with van der Waals surface area (Å²) in [5, 5.41) is 4.19. The summed E-state index contributed by atoms with van der Waals surface area (Å²) in [6, 6.07) is 14.6. The quantitative estimate of drug-likeness (QED) is 0.851. The summed E-state index contributed by atoms with van der Waals surface area (Å²) in [4.78, 5) is 0. The zero-order valence-electron chi connectivity index (χ0n) is 9.79. The van der Waals surface area contributed by atoms with Crippen molar-refractivity contribution < 1.29 is 0 Å². The highest BCUT2D eigenvalue weighted by Gasteiger charge is 2.24. The smallest absolute Gasteiger partial charge is 0.0568 e. The molecule has 0 amide bonds. The lowest BCUT2D eigenvalue weighted by Crippen LogP contribution is -2.24. The summed E-state index contributed by atoms with van der Waals surface area (Å²) < 4.78 is 0.934. The highest BCUT2D eigenvalue weighted by Crippen LogP contribution is 2.35. The number of halogens is 2. The van der Waals surface area contributed by atoms with E-state index in [4.69, 9.17) is 11.6 Å². The summed E-state index contributed by atoms with van der Waals surface area (Å²) in [7, 11) is 0. The lowest BCUT2D eigenvalue weighted by Gasteiger charge is -2.30. The molecule has 0 heterocycles. The van der Waals surface area contributed by atoms with Gasteiger partial charge in [0.2, 0.25) is 0 Å². The first kappa shape index (κ1) is 12.1. The van der Waals surface area contributed by atoms with Crippen molar-refractivity contribution in [2.24, 2.45) is 0 Å². The fourth-order valence-corrected chi connectivity index (χ4v) is 2.82. The number of anilines is 1. The Balaban J connectivity index is 1.65. The van der Waals surface area contributed by atoms with E-state index in [1.807, 2.05) is 18.2 Å². The van der Waals surface area contributed by atoms with Crippen LogP contribution in [-0.2, 0) is 6.42 Å². The van der Waals surface area contributed by atoms with Gasteiger partial charge in [-0.1, -0.05) is 35.9 Å². The summed E-state index contributed by atoms with van der Waals surface area (Å²) in [5.74, 6) is 0.628. The molecular weight excluding hydrogens is 310 g/mol. The molecule has 0 saturated carbocycles. The molecule has 1 aliphatic rings. The number of hydrogen-bond donors (Lipinski definition) is 1. The summed E-state index contributed by atoms with van der Waals surface area (Å²) in [5.41, 5.74) is 4.04. The molecule has 1 nitrogen and oxygen atoms in total. The lowest BCUT2D eigenvalue weighted by molar-refractivity contribution is 0.636. The van der Waals surface area contributed by atoms with E-state index in [0.717, 1.165) is 21.7 Å². The van der Waals surface area contributed by atoms with Crippen LogP contribution in [0.15, 0.2) is 46.9 Å². The molecule has 0 spiro atoms. The molecule has 1 atom stereocenters. The van der Waals surface area contributed by atoms with Crippen molar-refractivity contribution in [3.63, 3.8) is 0 Å². The number of benzene rings is 2. The van der Waals surface area contributed by atoms with Crippen molar-refractivity contribution in [2.75, 3.05) is 11.9 Å². The molecule has 3 rings (SSSR count). The molecule has 2 aromatic rings. The van der Waals surface area contributed by atoms with Crippen LogP contribution in [0.2, 0.25) is 5.02 Å². The zero-order valence-corrected chi connectivity index (χ0v) is 12.1. The van der Waals surface area contributed by atoms with Gasteiger partial charge >= 0.3 is 0 Å². The SMILES string of the molecule is Clc1cc(NCC2Cc3ccccc32)ccc1Br. The van der Waals surface area contributed by atoms with Crippen LogP contribution in [0, 0.1) is 0 Å². The third kappa shape index (κ3) is 2.27. The Kier molecular flexibility index (Phi) is 3.31. The van der Waals surface area contributed by atoms with Gasteiger partial charge in [-0.25, -0.2) is 0 Å². The fraction of sp³-hybridized carbons (Fsp3) is 0.200. The average Bonchev–Trinajstić information content (AvgIpc) is 2.35. The van der Waals surface area contributed by atoms with E-state index in [2.05, 4.69) is 45.5 Å². The molecule has 2 aromatic carbocycles. The normalized spacial score (nSPS) is 16.9. The van der Waals surface area contributed by atoms with E-state index >= 15 is 0 Å². The Hall–Kier alpha value is -0.990. The van der Waals surface area contributed by atoms with E-state index in [0.29, 0.717) is 5.92 Å². The first-order valence-electron chi connectivity index (χ1n) is 6.01. The van der Waals surface area contributed by atoms with Crippen LogP contribution in [0.1, 0.15) is 17.0 Å². The minimum Gasteiger partial charge on any atom is -0.384 e. The molecule has 1 N–H and O–H groups in total. The van der Waals surface area contributed by atoms with Crippen LogP contribution in [0.3, 0.4) is 0 Å². The zero-order chi connectivity index (χ0) is 12.5. The van der Waals surface area contributed by atoms with Gasteiger partial charge in [-0.3, -0.25) is 0 Å². The van der Waals surface area contributed by atoms with Gasteiger partial charge in [-0.15, -0.1) is 0 Å². The predicted octanol–water partition coefficient (Wildman–Crippen LogP) is 4.85. The third-order valence-electron chi connectivity index (χ3n) is 3.43. The Morgan fingerprint density at radius 1 is 1.22 bits per heavy atom. The van der Waals surface area contributed by atoms with Gasteiger partial charge in [0.15, 0.2) is 0 Å². The summed E-state index contributed by atoms with van der Waals surface area (Å²) in [6.07, 6.45) is 1.17. The molecule has 0 saturated heterocycles. The van der Waals surface area contributed by atoms with Gasteiger partial charge in [-0.05, 0) is 51.7 Å². The van der Waals surface area contributed by atoms with Gasteiger partial charge in [0.25, 0.3) is 0 Å². The number of hydrogen-bond acceptors (Lipinski definition) is 1. The maximum absolute atomic E-state index is 6.07. The van der Waals surface area contributed by atoms with E-state index in [-0.39, 0.29) is 0 Å². The van der Waals surface area contributed by atoms with Crippen molar-refractivity contribution in [3.05, 3.63) is 63.1 Å². The van der Waals surface area contributed by atoms with Crippen LogP contribution in [0.4, 0.5) is 5.69 Å². The Bertz CT molecular complexity index is 582. The van der Waals surface area contributed by atoms with Crippen LogP contribution in [0.5, 0.6) is 0 Å². The molecule has 0 aliphatic heterocycles. The number of nitrogens with one attached hydrogen (secondary N) is 1. The van der Waals surface area contributed by atoms with Crippen molar-refractivity contribution in [1.82, 2.24) is 0 Å². The molecule has 92 valence electrons. The lowest BCUT2D eigenvalue weighted by atomic mass is 9.77. The van der Waals surface area contributed by atoms with Gasteiger partial charge in [0.05, 0.1) is 5.02 Å². The second kappa shape index (κ2) is 4.94. The van der Waals surface area contributed by atoms with E-state index in [1.165, 1.54) is 17.5 Å². The van der Waals surface area contributed by atoms with Crippen molar-refractivity contribution >= 4 is 33.2 Å². The van der Waals surface area contributed by atoms with Crippen molar-refractivity contribution in [2.45, 2.75) is 12.3 Å². The maximum atomic E-state index is 6.07. The Morgan fingerprint density at radius 2 is 2.06 bits per heavy atom. The fourth-order valence-electron chi connectivity index (χ4n) is 2.39. The average molecular weight is 323 g/mol. The Labute approximate surface area is 120 Å². The molecular formula is C15H13BrClN. The van der Waals surface area contributed by atoms with Crippen LogP contribution in [0.25, 0.3) is 0 Å². The standard InChI is InChI=1S/C15H13BrClN/c16-14-6-5-12(8-15(14)17)18-9-11-7-10-3-1-2-4-13(10)11/h1-6,8,11,18H,7,9H2. The molecule has 18 heavy (non-hydrogen) atoms. The third-order valence-corrected chi connectivity index (χ3v) is 4.67. The van der Waals surface area contributed by atoms with E-state index in [1.54, 1.807) is 0 Å². The largest absolute Gasteiger partial charge is 0.384 e. The number of fused-ring (bicyclic) bond motifs is 1. The van der Waals surface area contributed by atoms with E-state index in [9.17, 15) is 0 Å². The van der Waals surface area contributed by atoms with E-state index < -0.39 is 0 Å². The molecule has 1 aliphatic carbocycles. The summed E-state index contributed by atoms with van der Waals surface area (Å²) in [6.45, 7) is 0.967. The van der Waals surface area contributed by atoms with Crippen LogP contribution >= 0.6 is 27.5 Å². The molecule has 0 radical (unpaired) electrons. The topological polar surface area (TPSA) is 12.0 Å². The van der Waals surface area contributed by atoms with Crippen LogP contribution < -0.4 is 5.32 Å². The van der Waals surface area contributed by atoms with Gasteiger partial charge in [0, 0.05) is 22.6 Å². The number of rotatable bonds is 3. The second-order valence-corrected chi connectivity index (χ2v) is 5.87. The molecule has 1 unspecified atom stereocenters. The molecule has 0 aromatic heterocycles. The van der Waals surface area contributed by atoms with Crippen LogP contribution in [-0.4, -0.2) is 6.54 Å². The minimum atomic E-state index is 0.628. The molecule has 3 heteroatoms. The predicted molar refractivity (Wildman–Crippen MR) is 80.5 cm³/mol. The highest BCUT2D eigenvalue weighted by molar-refractivity contribution is 9.10. The van der Waals surface area contributed by atoms with Gasteiger partial charge < -0.3 is 5.32 Å². The highest BCUT2D eigenvalue weighted by atomic mass is 79.9. The first-order chi connectivity index (χ1) is 8.74. The minimum absolute atomic E-state index is 0.628. The van der Waals surface area contributed by atoms with Crippen molar-refractivity contribution in [3.8, 4) is 0 Å².